The second kappa shape index (κ2) is 6.37. The van der Waals surface area contributed by atoms with Gasteiger partial charge in [-0.15, -0.1) is 0 Å². The minimum absolute atomic E-state index is 0.168. The fraction of sp³-hybridized carbons (Fsp3) is 0.500. The van der Waals surface area contributed by atoms with Gasteiger partial charge in [-0.2, -0.15) is 0 Å². The van der Waals surface area contributed by atoms with Crippen LogP contribution in [0.25, 0.3) is 0 Å². The summed E-state index contributed by atoms with van der Waals surface area (Å²) in [6.07, 6.45) is 2.32. The highest BCUT2D eigenvalue weighted by Gasteiger charge is 2.32. The Morgan fingerprint density at radius 1 is 1.14 bits per heavy atom. The van der Waals surface area contributed by atoms with E-state index in [-0.39, 0.29) is 24.3 Å². The first kappa shape index (κ1) is 14.2. The van der Waals surface area contributed by atoms with E-state index >= 15 is 0 Å². The van der Waals surface area contributed by atoms with Crippen molar-refractivity contribution in [2.45, 2.75) is 37.9 Å². The maximum atomic E-state index is 11.6. The van der Waals surface area contributed by atoms with Gasteiger partial charge < -0.3 is 5.32 Å². The zero-order valence-corrected chi connectivity index (χ0v) is 12.0. The molecule has 2 aliphatic heterocycles. The zero-order valence-electron chi connectivity index (χ0n) is 12.0. The maximum absolute atomic E-state index is 11.6. The van der Waals surface area contributed by atoms with Crippen LogP contribution in [-0.4, -0.2) is 41.9 Å². The summed E-state index contributed by atoms with van der Waals surface area (Å²) >= 11 is 0. The molecule has 5 nitrogen and oxygen atoms in total. The number of benzene rings is 1. The van der Waals surface area contributed by atoms with Gasteiger partial charge in [0.15, 0.2) is 0 Å². The van der Waals surface area contributed by atoms with Gasteiger partial charge in [-0.3, -0.25) is 19.8 Å². The molecule has 2 N–H and O–H groups in total. The third-order valence-corrected chi connectivity index (χ3v) is 4.24. The first-order valence-electron chi connectivity index (χ1n) is 7.57. The Bertz CT molecular complexity index is 510. The Hall–Kier alpha value is -1.72. The lowest BCUT2D eigenvalue weighted by molar-refractivity contribution is -0.125. The van der Waals surface area contributed by atoms with Crippen molar-refractivity contribution in [1.29, 1.82) is 0 Å². The molecule has 0 aliphatic carbocycles. The number of nitrogens with one attached hydrogen (secondary N) is 2. The minimum Gasteiger partial charge on any atom is -0.303 e. The van der Waals surface area contributed by atoms with Crippen LogP contribution in [-0.2, 0) is 16.1 Å². The predicted molar refractivity (Wildman–Crippen MR) is 79.4 cm³/mol. The second-order valence-electron chi connectivity index (χ2n) is 5.87. The third kappa shape index (κ3) is 3.68. The summed E-state index contributed by atoms with van der Waals surface area (Å²) in [5.41, 5.74) is 1.34. The lowest BCUT2D eigenvalue weighted by atomic mass is 10.0. The van der Waals surface area contributed by atoms with Gasteiger partial charge in [-0.1, -0.05) is 30.3 Å². The second-order valence-corrected chi connectivity index (χ2v) is 5.87. The highest BCUT2D eigenvalue weighted by atomic mass is 16.2. The van der Waals surface area contributed by atoms with Crippen LogP contribution in [0.2, 0.25) is 0 Å². The molecule has 1 aromatic rings. The number of nitrogens with zero attached hydrogens (tertiary/aromatic N) is 1. The topological polar surface area (TPSA) is 61.4 Å². The van der Waals surface area contributed by atoms with E-state index in [4.69, 9.17) is 0 Å². The molecule has 0 spiro atoms. The van der Waals surface area contributed by atoms with Crippen molar-refractivity contribution in [3.8, 4) is 0 Å². The molecule has 1 aromatic carbocycles. The molecule has 2 saturated heterocycles. The van der Waals surface area contributed by atoms with Gasteiger partial charge >= 0.3 is 0 Å². The number of imide groups is 1. The standard InChI is InChI=1S/C16H21N3O2/c20-15-10-14(16(21)18-15)17-13-6-8-19(9-7-13)11-12-4-2-1-3-5-12/h1-5,13-14,17H,6-11H2,(H,18,20,21). The SMILES string of the molecule is O=C1CC(NC2CCN(Cc3ccccc3)CC2)C(=O)N1. The largest absolute Gasteiger partial charge is 0.303 e. The molecule has 0 aromatic heterocycles. The maximum Gasteiger partial charge on any atom is 0.244 e. The van der Waals surface area contributed by atoms with E-state index in [1.807, 2.05) is 6.07 Å². The average molecular weight is 287 g/mol. The van der Waals surface area contributed by atoms with Crippen molar-refractivity contribution in [3.05, 3.63) is 35.9 Å². The number of rotatable bonds is 4. The summed E-state index contributed by atoms with van der Waals surface area (Å²) < 4.78 is 0. The quantitative estimate of drug-likeness (QED) is 0.799. The Kier molecular flexibility index (Phi) is 4.31. The third-order valence-electron chi connectivity index (χ3n) is 4.24. The Morgan fingerprint density at radius 2 is 1.86 bits per heavy atom. The Labute approximate surface area is 124 Å². The minimum atomic E-state index is -0.330. The predicted octanol–water partition coefficient (Wildman–Crippen LogP) is 0.656. The van der Waals surface area contributed by atoms with Crippen LogP contribution in [0.5, 0.6) is 0 Å². The fourth-order valence-corrected chi connectivity index (χ4v) is 3.07. The van der Waals surface area contributed by atoms with Gasteiger partial charge in [-0.05, 0) is 31.5 Å². The van der Waals surface area contributed by atoms with Gasteiger partial charge in [0.05, 0.1) is 12.5 Å². The van der Waals surface area contributed by atoms with Crippen LogP contribution in [0.4, 0.5) is 0 Å². The lowest BCUT2D eigenvalue weighted by Gasteiger charge is -2.33. The van der Waals surface area contributed by atoms with Gasteiger partial charge in [-0.25, -0.2) is 0 Å². The lowest BCUT2D eigenvalue weighted by Crippen LogP contribution is -2.48. The summed E-state index contributed by atoms with van der Waals surface area (Å²) in [5.74, 6) is -0.342. The first-order chi connectivity index (χ1) is 10.2. The number of carbonyl (C=O) groups is 2. The van der Waals surface area contributed by atoms with E-state index < -0.39 is 0 Å². The summed E-state index contributed by atoms with van der Waals surface area (Å²) in [5, 5.41) is 5.67. The zero-order chi connectivity index (χ0) is 14.7. The molecule has 0 saturated carbocycles. The summed E-state index contributed by atoms with van der Waals surface area (Å²) in [6.45, 7) is 3.03. The van der Waals surface area contributed by atoms with Gasteiger partial charge in [0.25, 0.3) is 0 Å². The molecule has 2 fully saturated rings. The van der Waals surface area contributed by atoms with Crippen molar-refractivity contribution in [2.24, 2.45) is 0 Å². The van der Waals surface area contributed by atoms with Crippen molar-refractivity contribution >= 4 is 11.8 Å². The molecular formula is C16H21N3O2. The molecule has 5 heteroatoms. The van der Waals surface area contributed by atoms with Gasteiger partial charge in [0.1, 0.15) is 0 Å². The average Bonchev–Trinajstić information content (AvgIpc) is 2.80. The molecule has 2 heterocycles. The van der Waals surface area contributed by atoms with Gasteiger partial charge in [0.2, 0.25) is 11.8 Å². The molecular weight excluding hydrogens is 266 g/mol. The van der Waals surface area contributed by atoms with Crippen LogP contribution in [0.1, 0.15) is 24.8 Å². The van der Waals surface area contributed by atoms with Crippen molar-refractivity contribution in [2.75, 3.05) is 13.1 Å². The smallest absolute Gasteiger partial charge is 0.244 e. The summed E-state index contributed by atoms with van der Waals surface area (Å²) in [4.78, 5) is 25.2. The molecule has 3 rings (SSSR count). The first-order valence-corrected chi connectivity index (χ1v) is 7.57. The van der Waals surface area contributed by atoms with Crippen molar-refractivity contribution < 1.29 is 9.59 Å². The molecule has 0 bridgehead atoms. The van der Waals surface area contributed by atoms with Crippen molar-refractivity contribution in [1.82, 2.24) is 15.5 Å². The Morgan fingerprint density at radius 3 is 2.48 bits per heavy atom. The van der Waals surface area contributed by atoms with Crippen LogP contribution in [0.3, 0.4) is 0 Å². The van der Waals surface area contributed by atoms with E-state index in [0.29, 0.717) is 6.04 Å². The van der Waals surface area contributed by atoms with Crippen molar-refractivity contribution in [3.63, 3.8) is 0 Å². The van der Waals surface area contributed by atoms with E-state index in [1.54, 1.807) is 0 Å². The van der Waals surface area contributed by atoms with E-state index in [0.717, 1.165) is 32.5 Å². The molecule has 2 amide bonds. The molecule has 1 unspecified atom stereocenters. The monoisotopic (exact) mass is 287 g/mol. The van der Waals surface area contributed by atoms with Crippen LogP contribution in [0.15, 0.2) is 30.3 Å². The Balaban J connectivity index is 1.45. The van der Waals surface area contributed by atoms with E-state index in [1.165, 1.54) is 5.56 Å². The summed E-state index contributed by atoms with van der Waals surface area (Å²) in [6, 6.07) is 10.5. The van der Waals surface area contributed by atoms with Crippen LogP contribution in [0, 0.1) is 0 Å². The number of hydrogen-bond acceptors (Lipinski definition) is 4. The number of piperidine rings is 1. The van der Waals surface area contributed by atoms with E-state index in [2.05, 4.69) is 39.8 Å². The molecule has 0 radical (unpaired) electrons. The normalized spacial score (nSPS) is 24.3. The highest BCUT2D eigenvalue weighted by Crippen LogP contribution is 2.15. The van der Waals surface area contributed by atoms with Crippen LogP contribution < -0.4 is 10.6 Å². The number of hydrogen-bond donors (Lipinski definition) is 2. The number of carbonyl (C=O) groups excluding carboxylic acids is 2. The summed E-state index contributed by atoms with van der Waals surface area (Å²) in [7, 11) is 0. The molecule has 1 atom stereocenters. The molecule has 112 valence electrons. The number of likely N-dealkylation sites (tertiary alicyclic amines) is 1. The molecule has 21 heavy (non-hydrogen) atoms. The van der Waals surface area contributed by atoms with Crippen LogP contribution >= 0.6 is 0 Å². The fourth-order valence-electron chi connectivity index (χ4n) is 3.07. The molecule has 2 aliphatic rings. The number of amides is 2. The van der Waals surface area contributed by atoms with Gasteiger partial charge in [0, 0.05) is 12.6 Å². The highest BCUT2D eigenvalue weighted by molar-refractivity contribution is 6.05. The van der Waals surface area contributed by atoms with E-state index in [9.17, 15) is 9.59 Å².